The highest BCUT2D eigenvalue weighted by atomic mass is 16.5. The van der Waals surface area contributed by atoms with Crippen LogP contribution >= 0.6 is 0 Å². The smallest absolute Gasteiger partial charge is 0.307 e. The van der Waals surface area contributed by atoms with Gasteiger partial charge in [-0.1, -0.05) is 60.7 Å². The quantitative estimate of drug-likeness (QED) is 0.556. The van der Waals surface area contributed by atoms with Gasteiger partial charge in [0.25, 0.3) is 0 Å². The standard InChI is InChI=1S/C29H38N2O2/c1-30(2)29-19-24(22-11-5-3-6-12-22)28(25(20-29)23-13-7-4-8-14-23)26(21-29)33-27(32)15-18-31-16-9-10-17-31/h3-8,11-14,24-26,28H,9-10,15-21H2,1-2H3/t24-,25-,26-,28?,29?/m0/s1. The van der Waals surface area contributed by atoms with Gasteiger partial charge < -0.3 is 14.5 Å². The van der Waals surface area contributed by atoms with E-state index in [2.05, 4.69) is 84.6 Å². The first kappa shape index (κ1) is 22.6. The van der Waals surface area contributed by atoms with Crippen LogP contribution in [-0.2, 0) is 9.53 Å². The molecular formula is C29H38N2O2. The summed E-state index contributed by atoms with van der Waals surface area (Å²) in [6.07, 6.45) is 6.15. The van der Waals surface area contributed by atoms with Crippen LogP contribution in [0.15, 0.2) is 60.7 Å². The van der Waals surface area contributed by atoms with Crippen molar-refractivity contribution in [2.24, 2.45) is 5.92 Å². The monoisotopic (exact) mass is 446 g/mol. The van der Waals surface area contributed by atoms with Crippen LogP contribution in [0.25, 0.3) is 0 Å². The zero-order chi connectivity index (χ0) is 22.8. The Balaban J connectivity index is 1.45. The number of fused-ring (bicyclic) bond motifs is 3. The lowest BCUT2D eigenvalue weighted by Gasteiger charge is -2.60. The molecule has 2 aromatic rings. The van der Waals surface area contributed by atoms with Crippen molar-refractivity contribution < 1.29 is 9.53 Å². The molecule has 1 aliphatic heterocycles. The lowest BCUT2D eigenvalue weighted by molar-refractivity contribution is -0.167. The van der Waals surface area contributed by atoms with E-state index in [1.165, 1.54) is 24.0 Å². The zero-order valence-corrected chi connectivity index (χ0v) is 20.2. The molecule has 0 unspecified atom stereocenters. The molecule has 1 saturated heterocycles. The Kier molecular flexibility index (Phi) is 6.58. The summed E-state index contributed by atoms with van der Waals surface area (Å²) in [6, 6.07) is 21.8. The summed E-state index contributed by atoms with van der Waals surface area (Å²) in [4.78, 5) is 17.9. The van der Waals surface area contributed by atoms with Crippen molar-refractivity contribution in [1.29, 1.82) is 0 Å². The number of likely N-dealkylation sites (tertiary alicyclic amines) is 1. The van der Waals surface area contributed by atoms with Crippen molar-refractivity contribution >= 4 is 5.97 Å². The highest BCUT2D eigenvalue weighted by Crippen LogP contribution is 2.60. The number of carbonyl (C=O) groups excluding carboxylic acids is 1. The SMILES string of the molecule is CN(C)C12C[C@H](OC(=O)CCN3CCCC3)C([C@H](c3ccccc3)C1)[C@H](c1ccccc1)C2. The van der Waals surface area contributed by atoms with Gasteiger partial charge in [0.05, 0.1) is 6.42 Å². The summed E-state index contributed by atoms with van der Waals surface area (Å²) in [5.74, 6) is 1.06. The van der Waals surface area contributed by atoms with E-state index in [4.69, 9.17) is 4.74 Å². The summed E-state index contributed by atoms with van der Waals surface area (Å²) >= 11 is 0. The summed E-state index contributed by atoms with van der Waals surface area (Å²) in [5, 5.41) is 0. The van der Waals surface area contributed by atoms with Crippen LogP contribution in [0.2, 0.25) is 0 Å². The van der Waals surface area contributed by atoms with Crippen LogP contribution < -0.4 is 0 Å². The molecule has 3 saturated carbocycles. The molecule has 0 N–H and O–H groups in total. The fraction of sp³-hybridized carbons (Fsp3) is 0.552. The van der Waals surface area contributed by atoms with Gasteiger partial charge in [-0.25, -0.2) is 0 Å². The molecule has 4 heteroatoms. The second-order valence-electron chi connectivity index (χ2n) is 10.7. The van der Waals surface area contributed by atoms with Crippen molar-refractivity contribution in [2.75, 3.05) is 33.7 Å². The molecule has 4 fully saturated rings. The Bertz CT molecular complexity index is 874. The van der Waals surface area contributed by atoms with Gasteiger partial charge in [0, 0.05) is 24.4 Å². The largest absolute Gasteiger partial charge is 0.462 e. The zero-order valence-electron chi connectivity index (χ0n) is 20.2. The Labute approximate surface area is 198 Å². The molecule has 6 rings (SSSR count). The fourth-order valence-electron chi connectivity index (χ4n) is 6.88. The molecule has 2 aromatic carbocycles. The Morgan fingerprint density at radius 2 is 1.45 bits per heavy atom. The number of benzene rings is 2. The lowest BCUT2D eigenvalue weighted by atomic mass is 9.52. The highest BCUT2D eigenvalue weighted by Gasteiger charge is 2.58. The Hall–Kier alpha value is -2.17. The van der Waals surface area contributed by atoms with E-state index in [1.807, 2.05) is 0 Å². The molecule has 3 atom stereocenters. The third-order valence-electron chi connectivity index (χ3n) is 8.66. The van der Waals surface area contributed by atoms with Gasteiger partial charge in [0.15, 0.2) is 0 Å². The predicted molar refractivity (Wildman–Crippen MR) is 132 cm³/mol. The van der Waals surface area contributed by atoms with E-state index >= 15 is 0 Å². The van der Waals surface area contributed by atoms with Crippen LogP contribution in [0.4, 0.5) is 0 Å². The van der Waals surface area contributed by atoms with Crippen LogP contribution in [0, 0.1) is 5.92 Å². The summed E-state index contributed by atoms with van der Waals surface area (Å²) in [7, 11) is 4.42. The maximum absolute atomic E-state index is 13.0. The van der Waals surface area contributed by atoms with E-state index in [1.54, 1.807) is 0 Å². The van der Waals surface area contributed by atoms with Crippen molar-refractivity contribution in [2.45, 2.75) is 62.0 Å². The van der Waals surface area contributed by atoms with E-state index in [-0.39, 0.29) is 17.6 Å². The third-order valence-corrected chi connectivity index (χ3v) is 8.66. The first-order valence-corrected chi connectivity index (χ1v) is 12.7. The highest BCUT2D eigenvalue weighted by molar-refractivity contribution is 5.70. The molecule has 0 aromatic heterocycles. The molecule has 33 heavy (non-hydrogen) atoms. The molecular weight excluding hydrogens is 408 g/mol. The molecule has 4 aliphatic rings. The molecule has 0 spiro atoms. The molecule has 176 valence electrons. The number of hydrogen-bond donors (Lipinski definition) is 0. The summed E-state index contributed by atoms with van der Waals surface area (Å²) < 4.78 is 6.37. The van der Waals surface area contributed by atoms with Crippen molar-refractivity contribution in [3.63, 3.8) is 0 Å². The lowest BCUT2D eigenvalue weighted by Crippen LogP contribution is -2.61. The van der Waals surface area contributed by atoms with Gasteiger partial charge in [0.2, 0.25) is 0 Å². The van der Waals surface area contributed by atoms with E-state index in [0.717, 1.165) is 38.9 Å². The number of ether oxygens (including phenoxy) is 1. The van der Waals surface area contributed by atoms with Crippen LogP contribution in [-0.4, -0.2) is 61.1 Å². The maximum atomic E-state index is 13.0. The topological polar surface area (TPSA) is 32.8 Å². The molecule has 1 heterocycles. The van der Waals surface area contributed by atoms with Crippen molar-refractivity contribution in [3.8, 4) is 0 Å². The van der Waals surface area contributed by atoms with Crippen LogP contribution in [0.5, 0.6) is 0 Å². The predicted octanol–water partition coefficient (Wildman–Crippen LogP) is 5.07. The Morgan fingerprint density at radius 1 is 0.909 bits per heavy atom. The minimum atomic E-state index is -0.0450. The number of nitrogens with zero attached hydrogens (tertiary/aromatic N) is 2. The fourth-order valence-corrected chi connectivity index (χ4v) is 6.88. The van der Waals surface area contributed by atoms with Crippen molar-refractivity contribution in [1.82, 2.24) is 9.80 Å². The first-order valence-electron chi connectivity index (χ1n) is 12.7. The minimum Gasteiger partial charge on any atom is -0.462 e. The minimum absolute atomic E-state index is 0.0213. The number of carbonyl (C=O) groups is 1. The van der Waals surface area contributed by atoms with Gasteiger partial charge in [-0.2, -0.15) is 0 Å². The third kappa shape index (κ3) is 4.61. The average molecular weight is 447 g/mol. The number of rotatable bonds is 7. The van der Waals surface area contributed by atoms with E-state index in [0.29, 0.717) is 24.2 Å². The van der Waals surface area contributed by atoms with E-state index in [9.17, 15) is 4.79 Å². The molecule has 3 aliphatic carbocycles. The Morgan fingerprint density at radius 3 is 1.97 bits per heavy atom. The van der Waals surface area contributed by atoms with Gasteiger partial charge in [0.1, 0.15) is 6.10 Å². The van der Waals surface area contributed by atoms with Gasteiger partial charge in [-0.05, 0) is 75.8 Å². The van der Waals surface area contributed by atoms with E-state index < -0.39 is 0 Å². The second kappa shape index (κ2) is 9.60. The van der Waals surface area contributed by atoms with Crippen LogP contribution in [0.1, 0.15) is 61.5 Å². The summed E-state index contributed by atoms with van der Waals surface area (Å²) in [5.41, 5.74) is 2.80. The molecule has 0 radical (unpaired) electrons. The molecule has 2 bridgehead atoms. The number of hydrogen-bond acceptors (Lipinski definition) is 4. The van der Waals surface area contributed by atoms with Gasteiger partial charge in [-0.3, -0.25) is 4.79 Å². The second-order valence-corrected chi connectivity index (χ2v) is 10.7. The van der Waals surface area contributed by atoms with Gasteiger partial charge in [-0.15, -0.1) is 0 Å². The van der Waals surface area contributed by atoms with Crippen molar-refractivity contribution in [3.05, 3.63) is 71.8 Å². The summed E-state index contributed by atoms with van der Waals surface area (Å²) in [6.45, 7) is 3.07. The number of esters is 1. The van der Waals surface area contributed by atoms with Crippen LogP contribution in [0.3, 0.4) is 0 Å². The first-order chi connectivity index (χ1) is 16.1. The maximum Gasteiger partial charge on any atom is 0.307 e. The molecule has 0 amide bonds. The average Bonchev–Trinajstić information content (AvgIpc) is 3.37. The molecule has 4 nitrogen and oxygen atoms in total. The van der Waals surface area contributed by atoms with Gasteiger partial charge >= 0.3 is 5.97 Å². The normalized spacial score (nSPS) is 31.7.